The van der Waals surface area contributed by atoms with Crippen LogP contribution in [0.4, 0.5) is 0 Å². The van der Waals surface area contributed by atoms with Gasteiger partial charge in [-0.05, 0) is 47.5 Å². The number of rotatable bonds is 8. The Hall–Kier alpha value is -4.69. The normalized spacial score (nSPS) is 22.4. The number of ether oxygens (including phenoxy) is 4. The number of methoxy groups -OCH3 is 1. The Morgan fingerprint density at radius 3 is 2.07 bits per heavy atom. The van der Waals surface area contributed by atoms with Crippen molar-refractivity contribution in [2.24, 2.45) is 0 Å². The van der Waals surface area contributed by atoms with Crippen LogP contribution in [0.25, 0.3) is 12.2 Å². The number of aliphatic hydroxyl groups excluding tert-OH is 3. The lowest BCUT2D eigenvalue weighted by molar-refractivity contribution is -0.277. The van der Waals surface area contributed by atoms with E-state index in [9.17, 15) is 45.6 Å². The van der Waals surface area contributed by atoms with E-state index in [4.69, 9.17) is 18.9 Å². The predicted molar refractivity (Wildman–Crippen MR) is 141 cm³/mol. The zero-order valence-electron chi connectivity index (χ0n) is 21.5. The van der Waals surface area contributed by atoms with E-state index in [1.807, 2.05) is 0 Å². The molecule has 5 atom stereocenters. The van der Waals surface area contributed by atoms with Crippen molar-refractivity contribution < 1.29 is 64.6 Å². The van der Waals surface area contributed by atoms with E-state index in [-0.39, 0.29) is 28.6 Å². The van der Waals surface area contributed by atoms with E-state index in [0.717, 1.165) is 12.1 Å². The van der Waals surface area contributed by atoms with Crippen LogP contribution in [0.15, 0.2) is 48.5 Å². The van der Waals surface area contributed by atoms with E-state index in [1.54, 1.807) is 24.3 Å². The molecule has 1 aliphatic heterocycles. The van der Waals surface area contributed by atoms with Crippen LogP contribution in [0.2, 0.25) is 0 Å². The molecule has 1 fully saturated rings. The lowest BCUT2D eigenvalue weighted by Crippen LogP contribution is -2.60. The lowest BCUT2D eigenvalue weighted by atomic mass is 9.99. The second kappa shape index (κ2) is 12.2. The van der Waals surface area contributed by atoms with E-state index < -0.39 is 60.5 Å². The highest BCUT2D eigenvalue weighted by atomic mass is 16.7. The maximum atomic E-state index is 12.4. The van der Waals surface area contributed by atoms with Gasteiger partial charge in [0.05, 0.1) is 12.7 Å². The van der Waals surface area contributed by atoms with Gasteiger partial charge in [-0.15, -0.1) is 0 Å². The van der Waals surface area contributed by atoms with Gasteiger partial charge in [-0.2, -0.15) is 0 Å². The molecule has 3 aromatic rings. The molecule has 13 heteroatoms. The summed E-state index contributed by atoms with van der Waals surface area (Å²) in [6, 6.07) is 10.6. The fraction of sp³-hybridized carbons (Fsp3) is 0.250. The van der Waals surface area contributed by atoms with Crippen LogP contribution in [0.3, 0.4) is 0 Å². The van der Waals surface area contributed by atoms with Gasteiger partial charge in [-0.3, -0.25) is 0 Å². The SMILES string of the molecule is COc1ccc(C=Cc2cc(O)cc(O)c2)cc1OC1OC(COC(=O)c2cc(O)c(O)c(O)c2)C(O)C(O)C1O. The summed E-state index contributed by atoms with van der Waals surface area (Å²) < 4.78 is 21.8. The summed E-state index contributed by atoms with van der Waals surface area (Å²) in [5.74, 6) is -3.30. The molecule has 0 saturated carbocycles. The van der Waals surface area contributed by atoms with Gasteiger partial charge >= 0.3 is 5.97 Å². The quantitative estimate of drug-likeness (QED) is 0.109. The van der Waals surface area contributed by atoms with Gasteiger partial charge in [0.1, 0.15) is 42.5 Å². The van der Waals surface area contributed by atoms with Crippen molar-refractivity contribution in [1.82, 2.24) is 0 Å². The first-order valence-corrected chi connectivity index (χ1v) is 12.1. The third-order valence-corrected chi connectivity index (χ3v) is 6.18. The summed E-state index contributed by atoms with van der Waals surface area (Å²) in [5, 5.41) is 79.3. The number of esters is 1. The number of aliphatic hydroxyl groups is 3. The van der Waals surface area contributed by atoms with Gasteiger partial charge in [0.25, 0.3) is 0 Å². The summed E-state index contributed by atoms with van der Waals surface area (Å²) in [4.78, 5) is 12.4. The maximum Gasteiger partial charge on any atom is 0.338 e. The largest absolute Gasteiger partial charge is 0.508 e. The van der Waals surface area contributed by atoms with E-state index >= 15 is 0 Å². The Labute approximate surface area is 232 Å². The van der Waals surface area contributed by atoms with Crippen molar-refractivity contribution in [1.29, 1.82) is 0 Å². The van der Waals surface area contributed by atoms with Crippen LogP contribution < -0.4 is 9.47 Å². The van der Waals surface area contributed by atoms with Crippen LogP contribution in [-0.2, 0) is 9.47 Å². The van der Waals surface area contributed by atoms with Crippen molar-refractivity contribution >= 4 is 18.1 Å². The Kier molecular flexibility index (Phi) is 8.74. The number of hydrogen-bond acceptors (Lipinski definition) is 13. The Morgan fingerprint density at radius 2 is 1.44 bits per heavy atom. The van der Waals surface area contributed by atoms with Gasteiger partial charge in [0.2, 0.25) is 6.29 Å². The molecule has 0 spiro atoms. The zero-order chi connectivity index (χ0) is 29.8. The summed E-state index contributed by atoms with van der Waals surface area (Å²) in [7, 11) is 1.38. The van der Waals surface area contributed by atoms with Gasteiger partial charge < -0.3 is 59.8 Å². The monoisotopic (exact) mass is 572 g/mol. The minimum Gasteiger partial charge on any atom is -0.508 e. The Balaban J connectivity index is 1.49. The topological polar surface area (TPSA) is 216 Å². The number of phenolic OH excluding ortho intramolecular Hbond substituents is 5. The van der Waals surface area contributed by atoms with Crippen molar-refractivity contribution in [2.75, 3.05) is 13.7 Å². The molecule has 1 aliphatic rings. The average Bonchev–Trinajstić information content (AvgIpc) is 2.93. The van der Waals surface area contributed by atoms with Crippen molar-refractivity contribution in [3.8, 4) is 40.2 Å². The minimum absolute atomic E-state index is 0.0897. The number of hydrogen-bond donors (Lipinski definition) is 8. The van der Waals surface area contributed by atoms with E-state index in [2.05, 4.69) is 0 Å². The number of phenols is 5. The summed E-state index contributed by atoms with van der Waals surface area (Å²) in [5.41, 5.74) is 0.784. The summed E-state index contributed by atoms with van der Waals surface area (Å²) in [6.07, 6.45) is -4.81. The third kappa shape index (κ3) is 6.73. The van der Waals surface area contributed by atoms with Crippen LogP contribution in [0, 0.1) is 0 Å². The highest BCUT2D eigenvalue weighted by Crippen LogP contribution is 2.36. The van der Waals surface area contributed by atoms with Gasteiger partial charge in [0, 0.05) is 6.07 Å². The maximum absolute atomic E-state index is 12.4. The summed E-state index contributed by atoms with van der Waals surface area (Å²) in [6.45, 7) is -0.622. The molecule has 4 rings (SSSR count). The molecule has 0 amide bonds. The molecule has 8 N–H and O–H groups in total. The first-order chi connectivity index (χ1) is 19.5. The van der Waals surface area contributed by atoms with Gasteiger partial charge in [-0.1, -0.05) is 18.2 Å². The predicted octanol–water partition coefficient (Wildman–Crippen LogP) is 1.44. The Morgan fingerprint density at radius 1 is 0.805 bits per heavy atom. The zero-order valence-corrected chi connectivity index (χ0v) is 21.5. The molecular formula is C28H28O13. The first kappa shape index (κ1) is 29.3. The molecule has 41 heavy (non-hydrogen) atoms. The lowest BCUT2D eigenvalue weighted by Gasteiger charge is -2.40. The number of carbonyl (C=O) groups is 1. The molecule has 218 valence electrons. The van der Waals surface area contributed by atoms with Crippen LogP contribution in [-0.4, -0.2) is 91.2 Å². The second-order valence-electron chi connectivity index (χ2n) is 9.12. The first-order valence-electron chi connectivity index (χ1n) is 12.1. The average molecular weight is 573 g/mol. The molecule has 1 heterocycles. The third-order valence-electron chi connectivity index (χ3n) is 6.18. The molecule has 1 saturated heterocycles. The standard InChI is InChI=1S/C28H28O13/c1-38-20-5-4-13(2-3-14-6-16(29)11-17(30)7-14)8-21(20)40-28-26(36)25(35)24(34)22(41-28)12-39-27(37)15-9-18(31)23(33)19(32)10-15/h2-11,22,24-26,28-36H,12H2,1H3. The molecule has 0 radical (unpaired) electrons. The summed E-state index contributed by atoms with van der Waals surface area (Å²) >= 11 is 0. The number of aromatic hydroxyl groups is 5. The van der Waals surface area contributed by atoms with Crippen LogP contribution >= 0.6 is 0 Å². The van der Waals surface area contributed by atoms with Crippen LogP contribution in [0.1, 0.15) is 21.5 Å². The molecule has 13 nitrogen and oxygen atoms in total. The smallest absolute Gasteiger partial charge is 0.338 e. The van der Waals surface area contributed by atoms with Crippen LogP contribution in [0.5, 0.6) is 40.2 Å². The van der Waals surface area contributed by atoms with Crippen molar-refractivity contribution in [3.63, 3.8) is 0 Å². The number of carbonyl (C=O) groups excluding carboxylic acids is 1. The molecule has 0 bridgehead atoms. The molecule has 5 unspecified atom stereocenters. The molecule has 3 aromatic carbocycles. The van der Waals surface area contributed by atoms with Gasteiger partial charge in [-0.25, -0.2) is 4.79 Å². The molecule has 0 aromatic heterocycles. The highest BCUT2D eigenvalue weighted by Gasteiger charge is 2.45. The van der Waals surface area contributed by atoms with E-state index in [1.165, 1.54) is 31.4 Å². The second-order valence-corrected chi connectivity index (χ2v) is 9.12. The minimum atomic E-state index is -1.76. The Bertz CT molecular complexity index is 1390. The van der Waals surface area contributed by atoms with E-state index in [0.29, 0.717) is 11.1 Å². The fourth-order valence-electron chi connectivity index (χ4n) is 4.04. The van der Waals surface area contributed by atoms with Gasteiger partial charge in [0.15, 0.2) is 28.7 Å². The highest BCUT2D eigenvalue weighted by molar-refractivity contribution is 5.91. The number of benzene rings is 3. The fourth-order valence-corrected chi connectivity index (χ4v) is 4.04. The molecule has 0 aliphatic carbocycles. The van der Waals surface area contributed by atoms with Crippen molar-refractivity contribution in [3.05, 3.63) is 65.2 Å². The molecular weight excluding hydrogens is 544 g/mol. The van der Waals surface area contributed by atoms with Crippen molar-refractivity contribution in [2.45, 2.75) is 30.7 Å².